The van der Waals surface area contributed by atoms with Gasteiger partial charge >= 0.3 is 0 Å². The van der Waals surface area contributed by atoms with Gasteiger partial charge in [0.15, 0.2) is 5.78 Å². The van der Waals surface area contributed by atoms with E-state index in [-0.39, 0.29) is 18.1 Å². The second-order valence-electron chi connectivity index (χ2n) is 5.86. The van der Waals surface area contributed by atoms with Crippen molar-refractivity contribution in [3.8, 4) is 0 Å². The molecule has 0 fully saturated rings. The third-order valence-electron chi connectivity index (χ3n) is 4.17. The van der Waals surface area contributed by atoms with Gasteiger partial charge in [-0.15, -0.1) is 0 Å². The van der Waals surface area contributed by atoms with E-state index in [4.69, 9.17) is 4.52 Å². The molecule has 2 aromatic rings. The van der Waals surface area contributed by atoms with Gasteiger partial charge in [-0.2, -0.15) is 0 Å². The largest absolute Gasteiger partial charge is 0.361 e. The number of carbonyl (C=O) groups is 2. The van der Waals surface area contributed by atoms with Crippen molar-refractivity contribution in [3.63, 3.8) is 0 Å². The molecule has 4 rings (SSSR count). The maximum atomic E-state index is 12.5. The van der Waals surface area contributed by atoms with Gasteiger partial charge in [0.25, 0.3) is 0 Å². The first-order chi connectivity index (χ1) is 12.2. The van der Waals surface area contributed by atoms with E-state index in [0.717, 1.165) is 12.1 Å². The van der Waals surface area contributed by atoms with Crippen molar-refractivity contribution >= 4 is 23.2 Å². The van der Waals surface area contributed by atoms with Crippen molar-refractivity contribution in [2.75, 3.05) is 5.32 Å². The summed E-state index contributed by atoms with van der Waals surface area (Å²) in [5.74, 6) is 0.869. The Morgan fingerprint density at radius 1 is 1.28 bits per heavy atom. The molecule has 8 nitrogen and oxygen atoms in total. The highest BCUT2D eigenvalue weighted by atomic mass is 16.5. The lowest BCUT2D eigenvalue weighted by Gasteiger charge is -2.17. The van der Waals surface area contributed by atoms with Crippen LogP contribution in [0.3, 0.4) is 0 Å². The Morgan fingerprint density at radius 2 is 2.20 bits per heavy atom. The zero-order valence-electron chi connectivity index (χ0n) is 13.4. The molecule has 0 bridgehead atoms. The van der Waals surface area contributed by atoms with E-state index >= 15 is 0 Å². The van der Waals surface area contributed by atoms with Crippen LogP contribution < -0.4 is 5.32 Å². The van der Waals surface area contributed by atoms with Crippen LogP contribution in [0.5, 0.6) is 0 Å². The number of rotatable bonds is 5. The molecule has 0 spiro atoms. The van der Waals surface area contributed by atoms with E-state index in [9.17, 15) is 9.59 Å². The molecule has 4 heterocycles. The van der Waals surface area contributed by atoms with Gasteiger partial charge in [-0.05, 0) is 6.42 Å². The maximum absolute atomic E-state index is 12.5. The fourth-order valence-corrected chi connectivity index (χ4v) is 2.88. The molecule has 0 saturated heterocycles. The number of Topliss-reactive ketones (excluding diaryl/α,β-unsaturated/α-hetero) is 1. The lowest BCUT2D eigenvalue weighted by atomic mass is 10.00. The Kier molecular flexibility index (Phi) is 3.93. The molecule has 0 saturated carbocycles. The van der Waals surface area contributed by atoms with Gasteiger partial charge in [0.1, 0.15) is 29.3 Å². The number of anilines is 1. The van der Waals surface area contributed by atoms with Gasteiger partial charge in [-0.25, -0.2) is 9.97 Å². The van der Waals surface area contributed by atoms with Crippen LogP contribution in [0.25, 0.3) is 0 Å². The minimum Gasteiger partial charge on any atom is -0.361 e. The minimum atomic E-state index is -0.104. The Morgan fingerprint density at radius 3 is 3.04 bits per heavy atom. The summed E-state index contributed by atoms with van der Waals surface area (Å²) >= 11 is 0. The molecular weight excluding hydrogens is 322 g/mol. The van der Waals surface area contributed by atoms with Gasteiger partial charge in [-0.3, -0.25) is 14.6 Å². The molecule has 0 radical (unpaired) electrons. The quantitative estimate of drug-likeness (QED) is 0.834. The normalized spacial score (nSPS) is 15.7. The number of aryl methyl sites for hydroxylation is 1. The molecule has 0 unspecified atom stereocenters. The van der Waals surface area contributed by atoms with Crippen LogP contribution >= 0.6 is 0 Å². The van der Waals surface area contributed by atoms with Gasteiger partial charge in [-0.1, -0.05) is 11.2 Å². The SMILES string of the molecule is O=C1CCc2c(ncnc2C(=O)CCc2cc(C3=NC=CC3)no2)N1. The van der Waals surface area contributed by atoms with Gasteiger partial charge < -0.3 is 9.84 Å². The van der Waals surface area contributed by atoms with Crippen molar-refractivity contribution in [1.82, 2.24) is 15.1 Å². The third kappa shape index (κ3) is 3.10. The summed E-state index contributed by atoms with van der Waals surface area (Å²) < 4.78 is 5.29. The van der Waals surface area contributed by atoms with Crippen molar-refractivity contribution in [2.24, 2.45) is 4.99 Å². The van der Waals surface area contributed by atoms with Gasteiger partial charge in [0, 0.05) is 43.5 Å². The topological polar surface area (TPSA) is 110 Å². The van der Waals surface area contributed by atoms with Crippen molar-refractivity contribution in [2.45, 2.75) is 32.1 Å². The van der Waals surface area contributed by atoms with E-state index in [2.05, 4.69) is 25.4 Å². The molecule has 1 N–H and O–H groups in total. The monoisotopic (exact) mass is 337 g/mol. The first-order valence-electron chi connectivity index (χ1n) is 8.05. The van der Waals surface area contributed by atoms with E-state index in [0.29, 0.717) is 47.8 Å². The zero-order chi connectivity index (χ0) is 17.2. The molecule has 0 aliphatic carbocycles. The number of allylic oxidation sites excluding steroid dienone is 1. The number of nitrogens with one attached hydrogen (secondary N) is 1. The molecule has 2 aliphatic rings. The Balaban J connectivity index is 1.45. The molecule has 1 amide bonds. The summed E-state index contributed by atoms with van der Waals surface area (Å²) in [5.41, 5.74) is 2.64. The number of carbonyl (C=O) groups excluding carboxylic acids is 2. The highest BCUT2D eigenvalue weighted by Crippen LogP contribution is 2.23. The number of aliphatic imine (C=N–C) groups is 1. The average Bonchev–Trinajstić information content (AvgIpc) is 3.30. The van der Waals surface area contributed by atoms with Crippen LogP contribution in [-0.2, 0) is 17.6 Å². The molecule has 2 aliphatic heterocycles. The van der Waals surface area contributed by atoms with Crippen LogP contribution in [0.2, 0.25) is 0 Å². The molecule has 126 valence electrons. The fraction of sp³-hybridized carbons (Fsp3) is 0.294. The van der Waals surface area contributed by atoms with Crippen LogP contribution in [0.4, 0.5) is 5.82 Å². The van der Waals surface area contributed by atoms with Crippen LogP contribution in [0.1, 0.15) is 46.8 Å². The molecule has 8 heteroatoms. The number of nitrogens with zero attached hydrogens (tertiary/aromatic N) is 4. The van der Waals surface area contributed by atoms with Crippen LogP contribution in [0, 0.1) is 0 Å². The third-order valence-corrected chi connectivity index (χ3v) is 4.17. The second-order valence-corrected chi connectivity index (χ2v) is 5.86. The first kappa shape index (κ1) is 15.4. The summed E-state index contributed by atoms with van der Waals surface area (Å²) in [7, 11) is 0. The number of ketones is 1. The maximum Gasteiger partial charge on any atom is 0.225 e. The van der Waals surface area contributed by atoms with Crippen molar-refractivity contribution in [1.29, 1.82) is 0 Å². The Hall–Kier alpha value is -3.16. The summed E-state index contributed by atoms with van der Waals surface area (Å²) in [6, 6.07) is 1.81. The predicted molar refractivity (Wildman–Crippen MR) is 88.4 cm³/mol. The average molecular weight is 337 g/mol. The van der Waals surface area contributed by atoms with Crippen LogP contribution in [-0.4, -0.2) is 32.5 Å². The van der Waals surface area contributed by atoms with E-state index < -0.39 is 0 Å². The molecular formula is C17H15N5O3. The Labute approximate surface area is 143 Å². The lowest BCUT2D eigenvalue weighted by Crippen LogP contribution is -2.23. The van der Waals surface area contributed by atoms with E-state index in [1.54, 1.807) is 6.20 Å². The minimum absolute atomic E-state index is 0.0943. The molecule has 25 heavy (non-hydrogen) atoms. The van der Waals surface area contributed by atoms with E-state index in [1.807, 2.05) is 12.1 Å². The van der Waals surface area contributed by atoms with Crippen molar-refractivity contribution < 1.29 is 14.1 Å². The first-order valence-corrected chi connectivity index (χ1v) is 8.05. The summed E-state index contributed by atoms with van der Waals surface area (Å²) in [6.07, 6.45) is 7.21. The highest BCUT2D eigenvalue weighted by molar-refractivity contribution is 6.01. The zero-order valence-corrected chi connectivity index (χ0v) is 13.4. The summed E-state index contributed by atoms with van der Waals surface area (Å²) in [6.45, 7) is 0. The van der Waals surface area contributed by atoms with Crippen molar-refractivity contribution in [3.05, 3.63) is 47.4 Å². The highest BCUT2D eigenvalue weighted by Gasteiger charge is 2.23. The Bertz CT molecular complexity index is 913. The van der Waals surface area contributed by atoms with Gasteiger partial charge in [0.05, 0.1) is 5.71 Å². The summed E-state index contributed by atoms with van der Waals surface area (Å²) in [4.78, 5) is 36.3. The molecule has 0 atom stereocenters. The fourth-order valence-electron chi connectivity index (χ4n) is 2.88. The molecule has 2 aromatic heterocycles. The number of aromatic nitrogens is 3. The number of amides is 1. The van der Waals surface area contributed by atoms with Gasteiger partial charge in [0.2, 0.25) is 5.91 Å². The smallest absolute Gasteiger partial charge is 0.225 e. The van der Waals surface area contributed by atoms with Crippen LogP contribution in [0.15, 0.2) is 34.2 Å². The van der Waals surface area contributed by atoms with E-state index in [1.165, 1.54) is 6.33 Å². The lowest BCUT2D eigenvalue weighted by molar-refractivity contribution is -0.116. The standard InChI is InChI=1S/C17H15N5O3/c23-14(16-11-4-6-15(24)21-17(11)20-9-19-16)5-3-10-8-13(22-25-10)12-2-1-7-18-12/h1,7-9H,2-6H2,(H,19,20,21,24). The second kappa shape index (κ2) is 6.39. The number of fused-ring (bicyclic) bond motifs is 1. The predicted octanol–water partition coefficient (Wildman–Crippen LogP) is 1.87. The summed E-state index contributed by atoms with van der Waals surface area (Å²) in [5, 5.41) is 6.67. The number of hydrogen-bond acceptors (Lipinski definition) is 7. The number of hydrogen-bond donors (Lipinski definition) is 1. The molecule has 0 aromatic carbocycles.